The maximum Gasteiger partial charge on any atom is 0.242 e. The van der Waals surface area contributed by atoms with Gasteiger partial charge in [-0.05, 0) is 46.5 Å². The molecule has 0 aromatic rings. The van der Waals surface area contributed by atoms with E-state index in [1.807, 2.05) is 6.92 Å². The molecule has 2 rings (SSSR count). The summed E-state index contributed by atoms with van der Waals surface area (Å²) < 4.78 is 0. The fraction of sp³-hybridized carbons (Fsp3) is 0.875. The van der Waals surface area contributed by atoms with Gasteiger partial charge in [-0.2, -0.15) is 0 Å². The molecule has 0 unspecified atom stereocenters. The predicted octanol–water partition coefficient (Wildman–Crippen LogP) is 0.693. The molecule has 126 valence electrons. The second-order valence-electron chi connectivity index (χ2n) is 6.59. The summed E-state index contributed by atoms with van der Waals surface area (Å²) in [5.74, 6) is 0.783. The Morgan fingerprint density at radius 1 is 1.14 bits per heavy atom. The van der Waals surface area contributed by atoms with E-state index in [-0.39, 0.29) is 12.5 Å². The molecule has 0 aromatic carbocycles. The maximum absolute atomic E-state index is 11.7. The molecule has 1 saturated carbocycles. The second-order valence-corrected chi connectivity index (χ2v) is 6.59. The van der Waals surface area contributed by atoms with Crippen LogP contribution in [0.3, 0.4) is 0 Å². The van der Waals surface area contributed by atoms with Gasteiger partial charge in [0, 0.05) is 37.8 Å². The maximum atomic E-state index is 11.7. The van der Waals surface area contributed by atoms with Crippen LogP contribution in [-0.4, -0.2) is 61.1 Å². The highest BCUT2D eigenvalue weighted by Crippen LogP contribution is 2.18. The van der Waals surface area contributed by atoms with Gasteiger partial charge in [-0.15, -0.1) is 0 Å². The lowest BCUT2D eigenvalue weighted by Crippen LogP contribution is -2.50. The molecule has 1 amide bonds. The molecular formula is C16H31N5O. The summed E-state index contributed by atoms with van der Waals surface area (Å²) >= 11 is 0. The lowest BCUT2D eigenvalue weighted by atomic mass is 10.0. The van der Waals surface area contributed by atoms with E-state index in [4.69, 9.17) is 0 Å². The average molecular weight is 309 g/mol. The molecule has 0 atom stereocenters. The van der Waals surface area contributed by atoms with Crippen LogP contribution in [0.4, 0.5) is 0 Å². The van der Waals surface area contributed by atoms with Gasteiger partial charge in [0.2, 0.25) is 5.91 Å². The highest BCUT2D eigenvalue weighted by Gasteiger charge is 2.23. The Labute approximate surface area is 134 Å². The zero-order valence-electron chi connectivity index (χ0n) is 14.2. The summed E-state index contributed by atoms with van der Waals surface area (Å²) in [5.41, 5.74) is 0. The number of carbonyl (C=O) groups is 1. The molecule has 6 heteroatoms. The molecule has 22 heavy (non-hydrogen) atoms. The number of aliphatic imine (C=N–C) groups is 1. The number of likely N-dealkylation sites (tertiary alicyclic amines) is 1. The Balaban J connectivity index is 1.76. The zero-order chi connectivity index (χ0) is 15.9. The number of rotatable bonds is 6. The topological polar surface area (TPSA) is 68.8 Å². The molecule has 1 heterocycles. The zero-order valence-corrected chi connectivity index (χ0v) is 14.2. The van der Waals surface area contributed by atoms with Crippen LogP contribution in [0.1, 0.15) is 46.5 Å². The van der Waals surface area contributed by atoms with Crippen molar-refractivity contribution >= 4 is 11.9 Å². The van der Waals surface area contributed by atoms with E-state index >= 15 is 0 Å². The number of hydrogen-bond donors (Lipinski definition) is 3. The molecule has 0 radical (unpaired) electrons. The van der Waals surface area contributed by atoms with Crippen LogP contribution in [-0.2, 0) is 4.79 Å². The minimum atomic E-state index is 0.0225. The summed E-state index contributed by atoms with van der Waals surface area (Å²) in [4.78, 5) is 18.6. The summed E-state index contributed by atoms with van der Waals surface area (Å²) in [6, 6.07) is 1.46. The summed E-state index contributed by atoms with van der Waals surface area (Å²) in [6.45, 7) is 9.80. The standard InChI is InChI=1S/C16H31N5O/c1-4-17-16(18-11-15(22)19-13-5-6-13)20-14-7-9-21(10-8-14)12(2)3/h12-14H,4-11H2,1-3H3,(H,19,22)(H2,17,18,20). The van der Waals surface area contributed by atoms with Gasteiger partial charge in [-0.25, -0.2) is 4.99 Å². The Morgan fingerprint density at radius 2 is 1.77 bits per heavy atom. The first-order valence-corrected chi connectivity index (χ1v) is 8.66. The first kappa shape index (κ1) is 17.1. The largest absolute Gasteiger partial charge is 0.357 e. The van der Waals surface area contributed by atoms with E-state index < -0.39 is 0 Å². The van der Waals surface area contributed by atoms with Gasteiger partial charge in [0.25, 0.3) is 0 Å². The van der Waals surface area contributed by atoms with Crippen LogP contribution in [0.2, 0.25) is 0 Å². The fourth-order valence-corrected chi connectivity index (χ4v) is 2.73. The average Bonchev–Trinajstić information content (AvgIpc) is 3.29. The molecule has 0 aromatic heterocycles. The summed E-state index contributed by atoms with van der Waals surface area (Å²) in [6.07, 6.45) is 4.47. The minimum absolute atomic E-state index is 0.0225. The van der Waals surface area contributed by atoms with Crippen LogP contribution in [0, 0.1) is 0 Å². The quantitative estimate of drug-likeness (QED) is 0.499. The van der Waals surface area contributed by atoms with Crippen molar-refractivity contribution in [1.82, 2.24) is 20.9 Å². The molecule has 2 aliphatic rings. The van der Waals surface area contributed by atoms with E-state index in [2.05, 4.69) is 39.7 Å². The minimum Gasteiger partial charge on any atom is -0.357 e. The van der Waals surface area contributed by atoms with Crippen molar-refractivity contribution in [3.63, 3.8) is 0 Å². The number of hydrogen-bond acceptors (Lipinski definition) is 3. The summed E-state index contributed by atoms with van der Waals surface area (Å²) in [5, 5.41) is 9.67. The van der Waals surface area contributed by atoms with Crippen molar-refractivity contribution in [3.05, 3.63) is 0 Å². The third kappa shape index (κ3) is 5.83. The monoisotopic (exact) mass is 309 g/mol. The van der Waals surface area contributed by atoms with Crippen molar-refractivity contribution in [3.8, 4) is 0 Å². The van der Waals surface area contributed by atoms with E-state index in [1.165, 1.54) is 0 Å². The Kier molecular flexibility index (Phi) is 6.49. The van der Waals surface area contributed by atoms with Gasteiger partial charge in [-0.1, -0.05) is 0 Å². The number of amides is 1. The first-order chi connectivity index (χ1) is 10.6. The number of nitrogens with zero attached hydrogens (tertiary/aromatic N) is 2. The molecule has 3 N–H and O–H groups in total. The van der Waals surface area contributed by atoms with Gasteiger partial charge in [0.05, 0.1) is 0 Å². The van der Waals surface area contributed by atoms with Crippen LogP contribution in [0.25, 0.3) is 0 Å². The Bertz CT molecular complexity index is 384. The van der Waals surface area contributed by atoms with Gasteiger partial charge < -0.3 is 20.9 Å². The second kappa shape index (κ2) is 8.36. The van der Waals surface area contributed by atoms with E-state index in [0.717, 1.165) is 51.3 Å². The lowest BCUT2D eigenvalue weighted by molar-refractivity contribution is -0.119. The molecule has 6 nitrogen and oxygen atoms in total. The smallest absolute Gasteiger partial charge is 0.242 e. The number of carbonyl (C=O) groups excluding carboxylic acids is 1. The van der Waals surface area contributed by atoms with Crippen molar-refractivity contribution in [2.75, 3.05) is 26.2 Å². The predicted molar refractivity (Wildman–Crippen MR) is 90.0 cm³/mol. The van der Waals surface area contributed by atoms with Gasteiger partial charge >= 0.3 is 0 Å². The molecular weight excluding hydrogens is 278 g/mol. The molecule has 0 spiro atoms. The SMILES string of the molecule is CCNC(=NCC(=O)NC1CC1)NC1CCN(C(C)C)CC1. The molecule has 0 bridgehead atoms. The lowest BCUT2D eigenvalue weighted by Gasteiger charge is -2.35. The van der Waals surface area contributed by atoms with Crippen LogP contribution in [0.5, 0.6) is 0 Å². The molecule has 2 fully saturated rings. The van der Waals surface area contributed by atoms with E-state index in [9.17, 15) is 4.79 Å². The summed E-state index contributed by atoms with van der Waals surface area (Å²) in [7, 11) is 0. The van der Waals surface area contributed by atoms with Crippen LogP contribution < -0.4 is 16.0 Å². The third-order valence-electron chi connectivity index (χ3n) is 4.27. The van der Waals surface area contributed by atoms with E-state index in [0.29, 0.717) is 18.1 Å². The van der Waals surface area contributed by atoms with Crippen molar-refractivity contribution < 1.29 is 4.79 Å². The number of piperidine rings is 1. The van der Waals surface area contributed by atoms with E-state index in [1.54, 1.807) is 0 Å². The van der Waals surface area contributed by atoms with Gasteiger partial charge in [0.1, 0.15) is 6.54 Å². The van der Waals surface area contributed by atoms with Gasteiger partial charge in [0.15, 0.2) is 5.96 Å². The number of guanidine groups is 1. The highest BCUT2D eigenvalue weighted by atomic mass is 16.2. The fourth-order valence-electron chi connectivity index (χ4n) is 2.73. The molecule has 1 aliphatic heterocycles. The van der Waals surface area contributed by atoms with Crippen LogP contribution >= 0.6 is 0 Å². The van der Waals surface area contributed by atoms with Crippen molar-refractivity contribution in [2.45, 2.75) is 64.6 Å². The van der Waals surface area contributed by atoms with Crippen LogP contribution in [0.15, 0.2) is 4.99 Å². The van der Waals surface area contributed by atoms with Crippen molar-refractivity contribution in [1.29, 1.82) is 0 Å². The first-order valence-electron chi connectivity index (χ1n) is 8.66. The molecule has 1 saturated heterocycles. The highest BCUT2D eigenvalue weighted by molar-refractivity contribution is 5.85. The Hall–Kier alpha value is -1.30. The molecule has 1 aliphatic carbocycles. The Morgan fingerprint density at radius 3 is 2.32 bits per heavy atom. The normalized spacial score (nSPS) is 21.0. The van der Waals surface area contributed by atoms with Crippen molar-refractivity contribution in [2.24, 2.45) is 4.99 Å². The third-order valence-corrected chi connectivity index (χ3v) is 4.27. The van der Waals surface area contributed by atoms with Gasteiger partial charge in [-0.3, -0.25) is 4.79 Å². The number of nitrogens with one attached hydrogen (secondary N) is 3.